The molecule has 1 aromatic rings. The lowest BCUT2D eigenvalue weighted by atomic mass is 9.98. The zero-order valence-electron chi connectivity index (χ0n) is 18.5. The van der Waals surface area contributed by atoms with E-state index < -0.39 is 17.7 Å². The van der Waals surface area contributed by atoms with Gasteiger partial charge in [0.15, 0.2) is 0 Å². The number of nitrogens with zero attached hydrogens (tertiary/aromatic N) is 3. The summed E-state index contributed by atoms with van der Waals surface area (Å²) in [6.45, 7) is 6.64. The van der Waals surface area contributed by atoms with E-state index in [1.807, 2.05) is 40.9 Å². The molecule has 1 unspecified atom stereocenters. The number of methoxy groups -OCH3 is 1. The van der Waals surface area contributed by atoms with E-state index in [0.29, 0.717) is 23.4 Å². The second-order valence-electron chi connectivity index (χ2n) is 9.49. The van der Waals surface area contributed by atoms with Crippen LogP contribution in [0.25, 0.3) is 0 Å². The lowest BCUT2D eigenvalue weighted by Gasteiger charge is -2.30. The Morgan fingerprint density at radius 1 is 1.33 bits per heavy atom. The first kappa shape index (κ1) is 23.0. The molecule has 0 spiro atoms. The molecule has 1 saturated carbocycles. The predicted octanol–water partition coefficient (Wildman–Crippen LogP) is 3.26. The van der Waals surface area contributed by atoms with E-state index in [4.69, 9.17) is 9.47 Å². The summed E-state index contributed by atoms with van der Waals surface area (Å²) in [4.78, 5) is 34.4. The first-order chi connectivity index (χ1) is 14.0. The van der Waals surface area contributed by atoms with Crippen molar-refractivity contribution in [3.8, 4) is 0 Å². The molecule has 2 amide bonds. The molecule has 1 aromatic heterocycles. The molecule has 2 aliphatic rings. The predicted molar refractivity (Wildman–Crippen MR) is 117 cm³/mol. The molecule has 166 valence electrons. The number of piperidine rings is 1. The van der Waals surface area contributed by atoms with Gasteiger partial charge in [0.2, 0.25) is 5.91 Å². The molecule has 1 aliphatic heterocycles. The Morgan fingerprint density at radius 2 is 2.03 bits per heavy atom. The minimum absolute atomic E-state index is 0.0133. The van der Waals surface area contributed by atoms with Gasteiger partial charge in [-0.2, -0.15) is 0 Å². The molecule has 9 heteroatoms. The molecule has 1 aliphatic carbocycles. The summed E-state index contributed by atoms with van der Waals surface area (Å²) in [5.74, 6) is 0.178. The summed E-state index contributed by atoms with van der Waals surface area (Å²) >= 11 is 3.35. The average molecular weight is 483 g/mol. The van der Waals surface area contributed by atoms with Crippen molar-refractivity contribution in [2.24, 2.45) is 5.41 Å². The number of amides is 2. The second kappa shape index (κ2) is 8.43. The summed E-state index contributed by atoms with van der Waals surface area (Å²) < 4.78 is 11.5. The van der Waals surface area contributed by atoms with E-state index in [0.717, 1.165) is 18.5 Å². The highest BCUT2D eigenvalue weighted by atomic mass is 79.9. The lowest BCUT2D eigenvalue weighted by Crippen LogP contribution is -2.47. The molecule has 1 N–H and O–H groups in total. The first-order valence-electron chi connectivity index (χ1n) is 10.1. The highest BCUT2D eigenvalue weighted by Gasteiger charge is 2.67. The molecular weight excluding hydrogens is 452 g/mol. The van der Waals surface area contributed by atoms with Crippen LogP contribution in [0.3, 0.4) is 0 Å². The van der Waals surface area contributed by atoms with Crippen molar-refractivity contribution in [3.05, 3.63) is 22.3 Å². The van der Waals surface area contributed by atoms with Gasteiger partial charge in [0.25, 0.3) is 0 Å². The third kappa shape index (κ3) is 4.95. The topological polar surface area (TPSA) is 84.0 Å². The number of pyridine rings is 1. The Labute approximate surface area is 186 Å². The van der Waals surface area contributed by atoms with Gasteiger partial charge >= 0.3 is 6.09 Å². The summed E-state index contributed by atoms with van der Waals surface area (Å²) in [6.07, 6.45) is 1.05. The highest BCUT2D eigenvalue weighted by molar-refractivity contribution is 9.10. The minimum Gasteiger partial charge on any atom is -0.444 e. The van der Waals surface area contributed by atoms with Crippen LogP contribution in [0.1, 0.15) is 39.2 Å². The highest BCUT2D eigenvalue weighted by Crippen LogP contribution is 2.60. The molecule has 30 heavy (non-hydrogen) atoms. The van der Waals surface area contributed by atoms with Gasteiger partial charge in [-0.1, -0.05) is 6.07 Å². The maximum Gasteiger partial charge on any atom is 0.411 e. The standard InChI is InChI=1S/C21H31BrN4O4/c1-20(2,3)30-19(28)26-14(9-21(10-15(21)26)12-25(4)5)18(27)24-17-13(11-29-6)7-8-16(22)23-17/h7-8,14-15H,9-12H2,1-6H3,(H,23,24,27)/t14-,15?,21-/m0/s1. The SMILES string of the molecule is COCc1ccc(Br)nc1NC(=O)[C@@H]1C[C@@]2(CN(C)C)CC2N1C(=O)OC(C)(C)C. The fraction of sp³-hybridized carbons (Fsp3) is 0.667. The monoisotopic (exact) mass is 482 g/mol. The number of hydrogen-bond donors (Lipinski definition) is 1. The van der Waals surface area contributed by atoms with Crippen molar-refractivity contribution in [2.75, 3.05) is 33.1 Å². The molecular formula is C21H31BrN4O4. The quantitative estimate of drug-likeness (QED) is 0.626. The summed E-state index contributed by atoms with van der Waals surface area (Å²) in [5.41, 5.74) is 0.0729. The van der Waals surface area contributed by atoms with Gasteiger partial charge in [-0.25, -0.2) is 9.78 Å². The van der Waals surface area contributed by atoms with E-state index in [1.165, 1.54) is 0 Å². The summed E-state index contributed by atoms with van der Waals surface area (Å²) in [6, 6.07) is 3.06. The Morgan fingerprint density at radius 3 is 2.63 bits per heavy atom. The van der Waals surface area contributed by atoms with Crippen molar-refractivity contribution in [1.29, 1.82) is 0 Å². The lowest BCUT2D eigenvalue weighted by molar-refractivity contribution is -0.121. The molecule has 8 nitrogen and oxygen atoms in total. The van der Waals surface area contributed by atoms with E-state index in [-0.39, 0.29) is 17.4 Å². The van der Waals surface area contributed by atoms with Gasteiger partial charge in [-0.05, 0) is 69.7 Å². The zero-order valence-corrected chi connectivity index (χ0v) is 20.1. The van der Waals surface area contributed by atoms with Crippen LogP contribution in [-0.2, 0) is 20.9 Å². The Hall–Kier alpha value is -1.71. The average Bonchev–Trinajstić information content (AvgIpc) is 3.17. The number of carbonyl (C=O) groups excluding carboxylic acids is 2. The van der Waals surface area contributed by atoms with Crippen LogP contribution in [0.15, 0.2) is 16.7 Å². The van der Waals surface area contributed by atoms with Crippen LogP contribution in [0.4, 0.5) is 10.6 Å². The number of likely N-dealkylation sites (tertiary alicyclic amines) is 1. The maximum absolute atomic E-state index is 13.3. The van der Waals surface area contributed by atoms with Crippen LogP contribution in [0, 0.1) is 5.41 Å². The smallest absolute Gasteiger partial charge is 0.411 e. The third-order valence-corrected chi connectivity index (χ3v) is 5.88. The van der Waals surface area contributed by atoms with Crippen LogP contribution < -0.4 is 5.32 Å². The number of nitrogens with one attached hydrogen (secondary N) is 1. The van der Waals surface area contributed by atoms with Crippen molar-refractivity contribution in [1.82, 2.24) is 14.8 Å². The summed E-state index contributed by atoms with van der Waals surface area (Å²) in [7, 11) is 5.61. The second-order valence-corrected chi connectivity index (χ2v) is 10.3. The molecule has 2 heterocycles. The molecule has 1 saturated heterocycles. The van der Waals surface area contributed by atoms with Gasteiger partial charge < -0.3 is 19.7 Å². The Bertz CT molecular complexity index is 826. The largest absolute Gasteiger partial charge is 0.444 e. The third-order valence-electron chi connectivity index (χ3n) is 5.44. The molecule has 0 radical (unpaired) electrons. The molecule has 0 bridgehead atoms. The molecule has 3 rings (SSSR count). The number of halogens is 1. The summed E-state index contributed by atoms with van der Waals surface area (Å²) in [5, 5.41) is 2.91. The number of rotatable bonds is 6. The zero-order chi connectivity index (χ0) is 22.3. The van der Waals surface area contributed by atoms with Gasteiger partial charge in [0, 0.05) is 30.7 Å². The number of ether oxygens (including phenoxy) is 2. The van der Waals surface area contributed by atoms with Gasteiger partial charge in [-0.3, -0.25) is 9.69 Å². The number of carbonyl (C=O) groups is 2. The van der Waals surface area contributed by atoms with Crippen molar-refractivity contribution < 1.29 is 19.1 Å². The number of aromatic nitrogens is 1. The van der Waals surface area contributed by atoms with Gasteiger partial charge in [0.05, 0.1) is 6.61 Å². The van der Waals surface area contributed by atoms with Gasteiger partial charge in [0.1, 0.15) is 22.1 Å². The first-order valence-corrected chi connectivity index (χ1v) is 10.9. The number of fused-ring (bicyclic) bond motifs is 1. The van der Waals surface area contributed by atoms with E-state index in [2.05, 4.69) is 31.1 Å². The fourth-order valence-corrected chi connectivity index (χ4v) is 4.65. The normalized spacial score (nSPS) is 25.3. The molecule has 3 atom stereocenters. The number of anilines is 1. The van der Waals surface area contributed by atoms with Crippen LogP contribution in [0.2, 0.25) is 0 Å². The van der Waals surface area contributed by atoms with E-state index in [9.17, 15) is 9.59 Å². The minimum atomic E-state index is -0.628. The van der Waals surface area contributed by atoms with Crippen LogP contribution in [0.5, 0.6) is 0 Å². The molecule has 0 aromatic carbocycles. The number of hydrogen-bond acceptors (Lipinski definition) is 6. The Kier molecular flexibility index (Phi) is 6.46. The molecule has 2 fully saturated rings. The van der Waals surface area contributed by atoms with Crippen LogP contribution in [-0.4, -0.2) is 72.2 Å². The van der Waals surface area contributed by atoms with E-state index in [1.54, 1.807) is 18.1 Å². The van der Waals surface area contributed by atoms with Crippen molar-refractivity contribution in [2.45, 2.75) is 57.9 Å². The van der Waals surface area contributed by atoms with Crippen LogP contribution >= 0.6 is 15.9 Å². The Balaban J connectivity index is 1.84. The van der Waals surface area contributed by atoms with Crippen molar-refractivity contribution >= 4 is 33.7 Å². The fourth-order valence-electron chi connectivity index (χ4n) is 4.34. The maximum atomic E-state index is 13.3. The van der Waals surface area contributed by atoms with Gasteiger partial charge in [-0.15, -0.1) is 0 Å². The van der Waals surface area contributed by atoms with Crippen molar-refractivity contribution in [3.63, 3.8) is 0 Å². The van der Waals surface area contributed by atoms with E-state index >= 15 is 0 Å².